The molecule has 0 spiro atoms. The summed E-state index contributed by atoms with van der Waals surface area (Å²) in [5.74, 6) is 4.02. The molecular weight excluding hydrogens is 268 g/mol. The second-order valence-electron chi connectivity index (χ2n) is 4.38. The SMILES string of the molecule is C#CC(F)c1cc(C(F)C#C)c2c(c1)C(N)CC2.Cl. The summed E-state index contributed by atoms with van der Waals surface area (Å²) in [7, 11) is 0. The van der Waals surface area contributed by atoms with E-state index in [-0.39, 0.29) is 24.0 Å². The van der Waals surface area contributed by atoms with Crippen molar-refractivity contribution in [3.8, 4) is 24.7 Å². The summed E-state index contributed by atoms with van der Waals surface area (Å²) >= 11 is 0. The van der Waals surface area contributed by atoms with Crippen molar-refractivity contribution in [2.45, 2.75) is 31.2 Å². The van der Waals surface area contributed by atoms with Gasteiger partial charge >= 0.3 is 0 Å². The lowest BCUT2D eigenvalue weighted by Crippen LogP contribution is -2.07. The Bertz CT molecular complexity index is 556. The number of hydrogen-bond acceptors (Lipinski definition) is 1. The Morgan fingerprint density at radius 1 is 1.21 bits per heavy atom. The molecule has 0 heterocycles. The quantitative estimate of drug-likeness (QED) is 0.827. The number of terminal acetylenes is 2. The predicted molar refractivity (Wildman–Crippen MR) is 74.3 cm³/mol. The third-order valence-electron chi connectivity index (χ3n) is 3.30. The lowest BCUT2D eigenvalue weighted by atomic mass is 9.94. The van der Waals surface area contributed by atoms with Gasteiger partial charge in [-0.1, -0.05) is 17.9 Å². The number of nitrogens with two attached hydrogens (primary N) is 1. The topological polar surface area (TPSA) is 26.0 Å². The van der Waals surface area contributed by atoms with Crippen molar-refractivity contribution >= 4 is 12.4 Å². The number of rotatable bonds is 2. The average molecular weight is 282 g/mol. The molecule has 2 N–H and O–H groups in total. The van der Waals surface area contributed by atoms with Crippen LogP contribution in [0.5, 0.6) is 0 Å². The van der Waals surface area contributed by atoms with Crippen LogP contribution in [0.15, 0.2) is 12.1 Å². The van der Waals surface area contributed by atoms with Crippen LogP contribution in [-0.4, -0.2) is 0 Å². The van der Waals surface area contributed by atoms with Crippen molar-refractivity contribution in [1.82, 2.24) is 0 Å². The summed E-state index contributed by atoms with van der Waals surface area (Å²) in [6, 6.07) is 2.85. The van der Waals surface area contributed by atoms with Crippen molar-refractivity contribution in [3.63, 3.8) is 0 Å². The van der Waals surface area contributed by atoms with Gasteiger partial charge in [0, 0.05) is 11.6 Å². The molecule has 2 rings (SSSR count). The fourth-order valence-electron chi connectivity index (χ4n) is 2.37. The van der Waals surface area contributed by atoms with Gasteiger partial charge in [-0.25, -0.2) is 8.78 Å². The lowest BCUT2D eigenvalue weighted by molar-refractivity contribution is 0.416. The first-order valence-electron chi connectivity index (χ1n) is 5.71. The Hall–Kier alpha value is -1.55. The molecule has 0 saturated heterocycles. The van der Waals surface area contributed by atoms with Gasteiger partial charge in [0.2, 0.25) is 0 Å². The Morgan fingerprint density at radius 3 is 2.42 bits per heavy atom. The Kier molecular flexibility index (Phi) is 4.95. The van der Waals surface area contributed by atoms with Crippen LogP contribution in [0.1, 0.15) is 47.1 Å². The van der Waals surface area contributed by atoms with Crippen LogP contribution in [0.25, 0.3) is 0 Å². The zero-order chi connectivity index (χ0) is 13.3. The van der Waals surface area contributed by atoms with E-state index in [9.17, 15) is 8.78 Å². The molecule has 0 saturated carbocycles. The van der Waals surface area contributed by atoms with Gasteiger partial charge in [0.15, 0.2) is 12.3 Å². The minimum Gasteiger partial charge on any atom is -0.324 e. The third kappa shape index (κ3) is 2.73. The highest BCUT2D eigenvalue weighted by Gasteiger charge is 2.26. The van der Waals surface area contributed by atoms with E-state index in [4.69, 9.17) is 18.6 Å². The maximum Gasteiger partial charge on any atom is 0.185 e. The highest BCUT2D eigenvalue weighted by Crippen LogP contribution is 2.38. The van der Waals surface area contributed by atoms with E-state index >= 15 is 0 Å². The summed E-state index contributed by atoms with van der Waals surface area (Å²) in [5, 5.41) is 0. The molecule has 0 aromatic heterocycles. The Labute approximate surface area is 118 Å². The largest absolute Gasteiger partial charge is 0.324 e. The first kappa shape index (κ1) is 15.5. The third-order valence-corrected chi connectivity index (χ3v) is 3.30. The first-order valence-corrected chi connectivity index (χ1v) is 5.71. The van der Waals surface area contributed by atoms with Gasteiger partial charge < -0.3 is 5.73 Å². The van der Waals surface area contributed by atoms with E-state index in [0.29, 0.717) is 12.0 Å². The van der Waals surface area contributed by atoms with Crippen LogP contribution in [-0.2, 0) is 6.42 Å². The number of fused-ring (bicyclic) bond motifs is 1. The average Bonchev–Trinajstić information content (AvgIpc) is 2.77. The van der Waals surface area contributed by atoms with Crippen molar-refractivity contribution in [2.24, 2.45) is 5.73 Å². The Balaban J connectivity index is 0.00000180. The fourth-order valence-corrected chi connectivity index (χ4v) is 2.37. The molecule has 0 fully saturated rings. The molecule has 100 valence electrons. The van der Waals surface area contributed by atoms with Crippen LogP contribution >= 0.6 is 12.4 Å². The predicted octanol–water partition coefficient (Wildman–Crippen LogP) is 3.34. The van der Waals surface area contributed by atoms with E-state index in [1.54, 1.807) is 6.07 Å². The Morgan fingerprint density at radius 2 is 1.84 bits per heavy atom. The number of benzene rings is 1. The van der Waals surface area contributed by atoms with Gasteiger partial charge in [-0.2, -0.15) is 0 Å². The molecule has 0 bridgehead atoms. The summed E-state index contributed by atoms with van der Waals surface area (Å²) in [5.41, 5.74) is 8.07. The molecule has 1 nitrogen and oxygen atoms in total. The van der Waals surface area contributed by atoms with Crippen LogP contribution in [0, 0.1) is 24.7 Å². The summed E-state index contributed by atoms with van der Waals surface area (Å²) in [4.78, 5) is 0. The molecule has 0 radical (unpaired) electrons. The van der Waals surface area contributed by atoms with Gasteiger partial charge in [-0.05, 0) is 35.6 Å². The standard InChI is InChI=1S/C15H13F2N.ClH/c1-3-13(16)9-7-11(14(17)4-2)10-5-6-15(18)12(10)8-9;/h1-2,7-8,13-15H,5-6,18H2;1H. The highest BCUT2D eigenvalue weighted by atomic mass is 35.5. The van der Waals surface area contributed by atoms with Gasteiger partial charge in [0.25, 0.3) is 0 Å². The lowest BCUT2D eigenvalue weighted by Gasteiger charge is -2.14. The molecule has 0 aliphatic heterocycles. The van der Waals surface area contributed by atoms with Gasteiger partial charge in [0.05, 0.1) is 0 Å². The van der Waals surface area contributed by atoms with Gasteiger partial charge in [0.1, 0.15) is 0 Å². The maximum absolute atomic E-state index is 13.7. The molecule has 4 heteroatoms. The van der Waals surface area contributed by atoms with Gasteiger partial charge in [-0.15, -0.1) is 25.3 Å². The molecule has 1 aromatic rings. The molecule has 19 heavy (non-hydrogen) atoms. The second-order valence-corrected chi connectivity index (χ2v) is 4.38. The van der Waals surface area contributed by atoms with Crippen molar-refractivity contribution < 1.29 is 8.78 Å². The van der Waals surface area contributed by atoms with Crippen molar-refractivity contribution in [1.29, 1.82) is 0 Å². The number of halogens is 3. The maximum atomic E-state index is 13.7. The second kappa shape index (κ2) is 6.06. The molecule has 1 aliphatic carbocycles. The normalized spacial score (nSPS) is 19.5. The van der Waals surface area contributed by atoms with E-state index in [1.807, 2.05) is 11.8 Å². The number of alkyl halides is 2. The van der Waals surface area contributed by atoms with Crippen LogP contribution in [0.4, 0.5) is 8.78 Å². The molecule has 1 aromatic carbocycles. The minimum atomic E-state index is -1.56. The van der Waals surface area contributed by atoms with E-state index in [2.05, 4.69) is 0 Å². The van der Waals surface area contributed by atoms with Crippen LogP contribution in [0.3, 0.4) is 0 Å². The molecule has 0 amide bonds. The monoisotopic (exact) mass is 281 g/mol. The zero-order valence-electron chi connectivity index (χ0n) is 10.2. The molecule has 3 unspecified atom stereocenters. The van der Waals surface area contributed by atoms with Crippen LogP contribution < -0.4 is 5.73 Å². The summed E-state index contributed by atoms with van der Waals surface area (Å²) in [6.45, 7) is 0. The zero-order valence-corrected chi connectivity index (χ0v) is 11.0. The number of hydrogen-bond donors (Lipinski definition) is 1. The van der Waals surface area contributed by atoms with E-state index in [1.165, 1.54) is 6.07 Å². The minimum absolute atomic E-state index is 0. The smallest absolute Gasteiger partial charge is 0.185 e. The van der Waals surface area contributed by atoms with E-state index in [0.717, 1.165) is 17.5 Å². The van der Waals surface area contributed by atoms with Crippen LogP contribution in [0.2, 0.25) is 0 Å². The first-order chi connectivity index (χ1) is 8.58. The summed E-state index contributed by atoms with van der Waals surface area (Å²) < 4.78 is 27.3. The van der Waals surface area contributed by atoms with Gasteiger partial charge in [-0.3, -0.25) is 0 Å². The fraction of sp³-hybridized carbons (Fsp3) is 0.333. The van der Waals surface area contributed by atoms with Crippen molar-refractivity contribution in [2.75, 3.05) is 0 Å². The molecular formula is C15H14ClF2N. The highest BCUT2D eigenvalue weighted by molar-refractivity contribution is 5.85. The van der Waals surface area contributed by atoms with Crippen molar-refractivity contribution in [3.05, 3.63) is 34.4 Å². The van der Waals surface area contributed by atoms with E-state index < -0.39 is 12.3 Å². The molecule has 1 aliphatic rings. The molecule has 3 atom stereocenters. The summed E-state index contributed by atoms with van der Waals surface area (Å²) in [6.07, 6.45) is 8.43.